The standard InChI is InChI=1S/C12H21NO3/c1-9-2-5-13(11(9)8-14)12(15)10-3-6-16-7-4-10/h9-11,14H,2-8H2,1H3. The van der Waals surface area contributed by atoms with Crippen LogP contribution in [0.25, 0.3) is 0 Å². The van der Waals surface area contributed by atoms with E-state index in [1.54, 1.807) is 0 Å². The molecule has 92 valence electrons. The molecule has 2 atom stereocenters. The smallest absolute Gasteiger partial charge is 0.226 e. The largest absolute Gasteiger partial charge is 0.394 e. The molecule has 2 fully saturated rings. The second-order valence-corrected chi connectivity index (χ2v) is 4.93. The van der Waals surface area contributed by atoms with Crippen molar-refractivity contribution >= 4 is 5.91 Å². The van der Waals surface area contributed by atoms with Gasteiger partial charge in [0.15, 0.2) is 0 Å². The van der Waals surface area contributed by atoms with Crippen molar-refractivity contribution in [3.63, 3.8) is 0 Å². The molecule has 2 saturated heterocycles. The number of rotatable bonds is 2. The third kappa shape index (κ3) is 2.23. The number of nitrogens with zero attached hydrogens (tertiary/aromatic N) is 1. The Bertz CT molecular complexity index is 251. The normalized spacial score (nSPS) is 32.0. The summed E-state index contributed by atoms with van der Waals surface area (Å²) in [7, 11) is 0. The predicted octanol–water partition coefficient (Wildman–Crippen LogP) is 0.642. The van der Waals surface area contributed by atoms with Crippen molar-refractivity contribution in [3.8, 4) is 0 Å². The number of carbonyl (C=O) groups is 1. The molecule has 1 N–H and O–H groups in total. The van der Waals surface area contributed by atoms with Gasteiger partial charge in [0, 0.05) is 25.7 Å². The van der Waals surface area contributed by atoms with Gasteiger partial charge in [0.1, 0.15) is 0 Å². The van der Waals surface area contributed by atoms with Crippen molar-refractivity contribution in [1.29, 1.82) is 0 Å². The number of aliphatic hydroxyl groups excluding tert-OH is 1. The first-order chi connectivity index (χ1) is 7.74. The van der Waals surface area contributed by atoms with Crippen LogP contribution in [0.1, 0.15) is 26.2 Å². The number of amides is 1. The number of ether oxygens (including phenoxy) is 1. The molecule has 0 aliphatic carbocycles. The number of carbonyl (C=O) groups excluding carboxylic acids is 1. The summed E-state index contributed by atoms with van der Waals surface area (Å²) in [6.07, 6.45) is 2.68. The zero-order chi connectivity index (χ0) is 11.5. The molecular weight excluding hydrogens is 206 g/mol. The molecule has 2 aliphatic heterocycles. The van der Waals surface area contributed by atoms with E-state index < -0.39 is 0 Å². The van der Waals surface area contributed by atoms with E-state index in [0.717, 1.165) is 25.8 Å². The highest BCUT2D eigenvalue weighted by Crippen LogP contribution is 2.27. The maximum atomic E-state index is 12.3. The Balaban J connectivity index is 1.97. The molecule has 4 heteroatoms. The monoisotopic (exact) mass is 227 g/mol. The van der Waals surface area contributed by atoms with E-state index in [2.05, 4.69) is 6.92 Å². The number of hydrogen-bond acceptors (Lipinski definition) is 3. The lowest BCUT2D eigenvalue weighted by atomic mass is 9.97. The van der Waals surface area contributed by atoms with Crippen molar-refractivity contribution in [1.82, 2.24) is 4.90 Å². The van der Waals surface area contributed by atoms with Crippen LogP contribution in [0.4, 0.5) is 0 Å². The molecule has 0 aromatic heterocycles. The molecule has 2 aliphatic rings. The van der Waals surface area contributed by atoms with Crippen molar-refractivity contribution in [2.75, 3.05) is 26.4 Å². The van der Waals surface area contributed by atoms with Crippen LogP contribution in [0.5, 0.6) is 0 Å². The molecule has 4 nitrogen and oxygen atoms in total. The molecular formula is C12H21NO3. The molecule has 2 unspecified atom stereocenters. The van der Waals surface area contributed by atoms with Crippen LogP contribution in [-0.2, 0) is 9.53 Å². The second-order valence-electron chi connectivity index (χ2n) is 4.93. The van der Waals surface area contributed by atoms with Gasteiger partial charge < -0.3 is 14.7 Å². The predicted molar refractivity (Wildman–Crippen MR) is 59.9 cm³/mol. The van der Waals surface area contributed by atoms with Gasteiger partial charge in [-0.25, -0.2) is 0 Å². The number of aliphatic hydroxyl groups is 1. The third-order valence-corrected chi connectivity index (χ3v) is 3.92. The van der Waals surface area contributed by atoms with Crippen LogP contribution in [0.15, 0.2) is 0 Å². The minimum absolute atomic E-state index is 0.0374. The van der Waals surface area contributed by atoms with Crippen LogP contribution in [-0.4, -0.2) is 48.3 Å². The fourth-order valence-electron chi connectivity index (χ4n) is 2.74. The Morgan fingerprint density at radius 1 is 1.38 bits per heavy atom. The van der Waals surface area contributed by atoms with Gasteiger partial charge in [-0.05, 0) is 25.2 Å². The van der Waals surface area contributed by atoms with E-state index in [4.69, 9.17) is 4.74 Å². The van der Waals surface area contributed by atoms with E-state index >= 15 is 0 Å². The van der Waals surface area contributed by atoms with Gasteiger partial charge in [0.05, 0.1) is 12.6 Å². The first-order valence-corrected chi connectivity index (χ1v) is 6.23. The van der Waals surface area contributed by atoms with Crippen LogP contribution >= 0.6 is 0 Å². The molecule has 2 rings (SSSR count). The zero-order valence-corrected chi connectivity index (χ0v) is 9.89. The Morgan fingerprint density at radius 3 is 2.69 bits per heavy atom. The average molecular weight is 227 g/mol. The molecule has 0 aromatic carbocycles. The van der Waals surface area contributed by atoms with Crippen molar-refractivity contribution in [2.45, 2.75) is 32.2 Å². The summed E-state index contributed by atoms with van der Waals surface area (Å²) in [5.74, 6) is 0.772. The summed E-state index contributed by atoms with van der Waals surface area (Å²) in [6.45, 7) is 4.41. The Hall–Kier alpha value is -0.610. The third-order valence-electron chi connectivity index (χ3n) is 3.92. The highest BCUT2D eigenvalue weighted by molar-refractivity contribution is 5.79. The fourth-order valence-corrected chi connectivity index (χ4v) is 2.74. The van der Waals surface area contributed by atoms with E-state index in [0.29, 0.717) is 19.1 Å². The highest BCUT2D eigenvalue weighted by atomic mass is 16.5. The Morgan fingerprint density at radius 2 is 2.06 bits per heavy atom. The van der Waals surface area contributed by atoms with Crippen LogP contribution in [0.3, 0.4) is 0 Å². The quantitative estimate of drug-likeness (QED) is 0.753. The minimum atomic E-state index is 0.0374. The van der Waals surface area contributed by atoms with Gasteiger partial charge in [-0.3, -0.25) is 4.79 Å². The summed E-state index contributed by atoms with van der Waals surface area (Å²) in [4.78, 5) is 14.2. The second kappa shape index (κ2) is 5.15. The molecule has 0 bridgehead atoms. The Kier molecular flexibility index (Phi) is 3.82. The maximum Gasteiger partial charge on any atom is 0.226 e. The molecule has 0 radical (unpaired) electrons. The lowest BCUT2D eigenvalue weighted by Gasteiger charge is -2.30. The number of likely N-dealkylation sites (tertiary alicyclic amines) is 1. The van der Waals surface area contributed by atoms with Gasteiger partial charge in [-0.15, -0.1) is 0 Å². The van der Waals surface area contributed by atoms with Gasteiger partial charge in [-0.1, -0.05) is 6.92 Å². The first-order valence-electron chi connectivity index (χ1n) is 6.23. The van der Waals surface area contributed by atoms with E-state index in [1.165, 1.54) is 0 Å². The lowest BCUT2D eigenvalue weighted by Crippen LogP contribution is -2.44. The van der Waals surface area contributed by atoms with E-state index in [-0.39, 0.29) is 24.5 Å². The zero-order valence-electron chi connectivity index (χ0n) is 9.89. The topological polar surface area (TPSA) is 49.8 Å². The lowest BCUT2D eigenvalue weighted by molar-refractivity contribution is -0.140. The van der Waals surface area contributed by atoms with Crippen molar-refractivity contribution in [3.05, 3.63) is 0 Å². The molecule has 0 aromatic rings. The maximum absolute atomic E-state index is 12.3. The molecule has 0 saturated carbocycles. The fraction of sp³-hybridized carbons (Fsp3) is 0.917. The van der Waals surface area contributed by atoms with Gasteiger partial charge in [0.25, 0.3) is 0 Å². The summed E-state index contributed by atoms with van der Waals surface area (Å²) in [5, 5.41) is 9.34. The van der Waals surface area contributed by atoms with Gasteiger partial charge >= 0.3 is 0 Å². The Labute approximate surface area is 96.6 Å². The van der Waals surface area contributed by atoms with E-state index in [9.17, 15) is 9.90 Å². The van der Waals surface area contributed by atoms with Crippen LogP contribution < -0.4 is 0 Å². The molecule has 2 heterocycles. The molecule has 16 heavy (non-hydrogen) atoms. The SMILES string of the molecule is CC1CCN(C(=O)C2CCOCC2)C1CO. The molecule has 1 amide bonds. The summed E-state index contributed by atoms with van der Waals surface area (Å²) >= 11 is 0. The summed E-state index contributed by atoms with van der Waals surface area (Å²) in [5.41, 5.74) is 0. The van der Waals surface area contributed by atoms with Gasteiger partial charge in [-0.2, -0.15) is 0 Å². The summed E-state index contributed by atoms with van der Waals surface area (Å²) < 4.78 is 5.27. The highest BCUT2D eigenvalue weighted by Gasteiger charge is 2.37. The molecule has 0 spiro atoms. The van der Waals surface area contributed by atoms with Crippen molar-refractivity contribution in [2.24, 2.45) is 11.8 Å². The number of hydrogen-bond donors (Lipinski definition) is 1. The minimum Gasteiger partial charge on any atom is -0.394 e. The first kappa shape index (κ1) is 11.9. The van der Waals surface area contributed by atoms with Crippen LogP contribution in [0.2, 0.25) is 0 Å². The van der Waals surface area contributed by atoms with Crippen LogP contribution in [0, 0.1) is 11.8 Å². The van der Waals surface area contributed by atoms with Crippen molar-refractivity contribution < 1.29 is 14.6 Å². The van der Waals surface area contributed by atoms with Gasteiger partial charge in [0.2, 0.25) is 5.91 Å². The van der Waals surface area contributed by atoms with E-state index in [1.807, 2.05) is 4.90 Å². The summed E-state index contributed by atoms with van der Waals surface area (Å²) in [6, 6.07) is 0.0374. The average Bonchev–Trinajstić information content (AvgIpc) is 2.70.